The Hall–Kier alpha value is -3.32. The van der Waals surface area contributed by atoms with Crippen LogP contribution < -0.4 is 5.32 Å². The van der Waals surface area contributed by atoms with Gasteiger partial charge in [0, 0.05) is 16.9 Å². The highest BCUT2D eigenvalue weighted by atomic mass is 14.9. The van der Waals surface area contributed by atoms with E-state index in [1.54, 1.807) is 0 Å². The van der Waals surface area contributed by atoms with Crippen LogP contribution in [-0.2, 0) is 0 Å². The van der Waals surface area contributed by atoms with E-state index in [-0.39, 0.29) is 0 Å². The van der Waals surface area contributed by atoms with Crippen LogP contribution in [0.1, 0.15) is 11.1 Å². The van der Waals surface area contributed by atoms with Crippen molar-refractivity contribution < 1.29 is 0 Å². The molecule has 0 aliphatic heterocycles. The lowest BCUT2D eigenvalue weighted by molar-refractivity contribution is 1.40. The molecule has 0 radical (unpaired) electrons. The second-order valence-corrected chi connectivity index (χ2v) is 6.88. The highest BCUT2D eigenvalue weighted by Crippen LogP contribution is 2.33. The third-order valence-corrected chi connectivity index (χ3v) is 4.95. The predicted octanol–water partition coefficient (Wildman–Crippen LogP) is 7.38. The minimum absolute atomic E-state index is 1.10. The molecule has 0 spiro atoms. The summed E-state index contributed by atoms with van der Waals surface area (Å²) in [7, 11) is 0. The lowest BCUT2D eigenvalue weighted by Gasteiger charge is -2.15. The zero-order chi connectivity index (χ0) is 18.6. The number of hydrogen-bond acceptors (Lipinski definition) is 1. The Morgan fingerprint density at radius 2 is 1.15 bits per heavy atom. The third kappa shape index (κ3) is 3.63. The highest BCUT2D eigenvalue weighted by Gasteiger charge is 2.08. The van der Waals surface area contributed by atoms with Crippen molar-refractivity contribution in [1.82, 2.24) is 0 Å². The first-order valence-corrected chi connectivity index (χ1v) is 9.30. The standard InChI is InChI=1S/C26H23N/c1-19-10-6-7-13-23(19)24-17-16-22(18-20(24)2)27-26-15-9-8-14-25(26)21-11-4-3-5-12-21/h3-18,27H,1-2H3. The Morgan fingerprint density at radius 3 is 1.89 bits per heavy atom. The second-order valence-electron chi connectivity index (χ2n) is 6.88. The topological polar surface area (TPSA) is 12.0 Å². The van der Waals surface area contributed by atoms with Gasteiger partial charge in [0.15, 0.2) is 0 Å². The summed E-state index contributed by atoms with van der Waals surface area (Å²) in [5.74, 6) is 0. The maximum atomic E-state index is 3.61. The van der Waals surface area contributed by atoms with Crippen LogP contribution in [0.4, 0.5) is 11.4 Å². The Labute approximate surface area is 161 Å². The molecule has 4 aromatic rings. The third-order valence-electron chi connectivity index (χ3n) is 4.95. The van der Waals surface area contributed by atoms with Gasteiger partial charge in [-0.2, -0.15) is 0 Å². The zero-order valence-electron chi connectivity index (χ0n) is 15.7. The molecule has 0 bridgehead atoms. The van der Waals surface area contributed by atoms with Crippen LogP contribution in [0.25, 0.3) is 22.3 Å². The fourth-order valence-electron chi connectivity index (χ4n) is 3.54. The van der Waals surface area contributed by atoms with Gasteiger partial charge >= 0.3 is 0 Å². The minimum atomic E-state index is 1.10. The van der Waals surface area contributed by atoms with Crippen LogP contribution in [0.15, 0.2) is 97.1 Å². The summed E-state index contributed by atoms with van der Waals surface area (Å²) >= 11 is 0. The van der Waals surface area contributed by atoms with Crippen molar-refractivity contribution in [2.45, 2.75) is 13.8 Å². The summed E-state index contributed by atoms with van der Waals surface area (Å²) in [6.07, 6.45) is 0. The summed E-state index contributed by atoms with van der Waals surface area (Å²) in [5.41, 5.74) is 9.80. The molecular weight excluding hydrogens is 326 g/mol. The van der Waals surface area contributed by atoms with Gasteiger partial charge in [-0.3, -0.25) is 0 Å². The van der Waals surface area contributed by atoms with E-state index in [9.17, 15) is 0 Å². The van der Waals surface area contributed by atoms with Gasteiger partial charge in [-0.1, -0.05) is 78.9 Å². The molecule has 0 fully saturated rings. The SMILES string of the molecule is Cc1ccccc1-c1ccc(Nc2ccccc2-c2ccccc2)cc1C. The van der Waals surface area contributed by atoms with Crippen molar-refractivity contribution in [1.29, 1.82) is 0 Å². The second kappa shape index (κ2) is 7.51. The van der Waals surface area contributed by atoms with Gasteiger partial charge in [-0.25, -0.2) is 0 Å². The van der Waals surface area contributed by atoms with E-state index in [1.807, 2.05) is 6.07 Å². The fraction of sp³-hybridized carbons (Fsp3) is 0.0769. The summed E-state index contributed by atoms with van der Waals surface area (Å²) in [4.78, 5) is 0. The quantitative estimate of drug-likeness (QED) is 0.405. The van der Waals surface area contributed by atoms with E-state index in [0.29, 0.717) is 0 Å². The molecule has 0 heterocycles. The van der Waals surface area contributed by atoms with Crippen LogP contribution in [0, 0.1) is 13.8 Å². The lowest BCUT2D eigenvalue weighted by Crippen LogP contribution is -1.95. The molecular formula is C26H23N. The largest absolute Gasteiger partial charge is 0.355 e. The Bertz CT molecular complexity index is 1060. The fourth-order valence-corrected chi connectivity index (χ4v) is 3.54. The van der Waals surface area contributed by atoms with Crippen molar-refractivity contribution in [2.75, 3.05) is 5.32 Å². The average Bonchev–Trinajstić information content (AvgIpc) is 2.70. The van der Waals surface area contributed by atoms with E-state index >= 15 is 0 Å². The van der Waals surface area contributed by atoms with Gasteiger partial charge in [0.25, 0.3) is 0 Å². The maximum Gasteiger partial charge on any atom is 0.0463 e. The van der Waals surface area contributed by atoms with E-state index in [4.69, 9.17) is 0 Å². The molecule has 1 heteroatoms. The molecule has 132 valence electrons. The number of nitrogens with one attached hydrogen (secondary N) is 1. The number of anilines is 2. The minimum Gasteiger partial charge on any atom is -0.355 e. The molecule has 1 N–H and O–H groups in total. The lowest BCUT2D eigenvalue weighted by atomic mass is 9.96. The van der Waals surface area contributed by atoms with E-state index in [1.165, 1.54) is 33.4 Å². The van der Waals surface area contributed by atoms with Crippen LogP contribution in [-0.4, -0.2) is 0 Å². The molecule has 0 saturated carbocycles. The summed E-state index contributed by atoms with van der Waals surface area (Å²) in [5, 5.41) is 3.61. The van der Waals surface area contributed by atoms with Gasteiger partial charge in [0.1, 0.15) is 0 Å². The van der Waals surface area contributed by atoms with Crippen molar-refractivity contribution in [3.8, 4) is 22.3 Å². The number of para-hydroxylation sites is 1. The predicted molar refractivity (Wildman–Crippen MR) is 117 cm³/mol. The van der Waals surface area contributed by atoms with Crippen molar-refractivity contribution in [2.24, 2.45) is 0 Å². The van der Waals surface area contributed by atoms with Gasteiger partial charge < -0.3 is 5.32 Å². The van der Waals surface area contributed by atoms with Crippen LogP contribution in [0.2, 0.25) is 0 Å². The molecule has 4 aromatic carbocycles. The average molecular weight is 349 g/mol. The molecule has 0 aliphatic rings. The molecule has 4 rings (SSSR count). The van der Waals surface area contributed by atoms with Gasteiger partial charge in [0.2, 0.25) is 0 Å². The monoisotopic (exact) mass is 349 g/mol. The number of hydrogen-bond donors (Lipinski definition) is 1. The van der Waals surface area contributed by atoms with Gasteiger partial charge in [-0.05, 0) is 59.9 Å². The van der Waals surface area contributed by atoms with Crippen molar-refractivity contribution in [3.05, 3.63) is 108 Å². The van der Waals surface area contributed by atoms with Crippen LogP contribution in [0.5, 0.6) is 0 Å². The first kappa shape index (κ1) is 17.1. The molecule has 1 nitrogen and oxygen atoms in total. The van der Waals surface area contributed by atoms with Crippen LogP contribution in [0.3, 0.4) is 0 Å². The van der Waals surface area contributed by atoms with Gasteiger partial charge in [-0.15, -0.1) is 0 Å². The van der Waals surface area contributed by atoms with Crippen molar-refractivity contribution >= 4 is 11.4 Å². The summed E-state index contributed by atoms with van der Waals surface area (Å²) in [6.45, 7) is 4.34. The molecule has 0 aromatic heterocycles. The molecule has 0 aliphatic carbocycles. The zero-order valence-corrected chi connectivity index (χ0v) is 15.7. The van der Waals surface area contributed by atoms with E-state index < -0.39 is 0 Å². The maximum absolute atomic E-state index is 3.61. The Kier molecular flexibility index (Phi) is 4.76. The normalized spacial score (nSPS) is 10.6. The summed E-state index contributed by atoms with van der Waals surface area (Å²) < 4.78 is 0. The smallest absolute Gasteiger partial charge is 0.0463 e. The van der Waals surface area contributed by atoms with Gasteiger partial charge in [0.05, 0.1) is 0 Å². The van der Waals surface area contributed by atoms with E-state index in [2.05, 4.69) is 110 Å². The molecule has 0 atom stereocenters. The Balaban J connectivity index is 1.67. The Morgan fingerprint density at radius 1 is 0.519 bits per heavy atom. The number of benzene rings is 4. The van der Waals surface area contributed by atoms with E-state index in [0.717, 1.165) is 11.4 Å². The first-order valence-electron chi connectivity index (χ1n) is 9.30. The molecule has 0 saturated heterocycles. The molecule has 27 heavy (non-hydrogen) atoms. The number of aryl methyl sites for hydroxylation is 2. The van der Waals surface area contributed by atoms with Crippen molar-refractivity contribution in [3.63, 3.8) is 0 Å². The first-order chi connectivity index (χ1) is 13.2. The summed E-state index contributed by atoms with van der Waals surface area (Å²) in [6, 6.07) is 34.1. The highest BCUT2D eigenvalue weighted by molar-refractivity contribution is 5.82. The molecule has 0 amide bonds. The van der Waals surface area contributed by atoms with Crippen LogP contribution >= 0.6 is 0 Å². The molecule has 0 unspecified atom stereocenters. The number of rotatable bonds is 4.